The van der Waals surface area contributed by atoms with Gasteiger partial charge in [0.05, 0.1) is 0 Å². The summed E-state index contributed by atoms with van der Waals surface area (Å²) in [6, 6.07) is 0. The van der Waals surface area contributed by atoms with Gasteiger partial charge in [-0.25, -0.2) is 0 Å². The molecule has 82 valence electrons. The van der Waals surface area contributed by atoms with E-state index in [2.05, 4.69) is 0 Å². The van der Waals surface area contributed by atoms with Crippen LogP contribution in [0, 0.1) is 0 Å². The quantitative estimate of drug-likeness (QED) is 0.637. The Balaban J connectivity index is 2.04. The Bertz CT molecular complexity index is 181. The zero-order chi connectivity index (χ0) is 10.4. The molecule has 1 aliphatic heterocycles. The minimum absolute atomic E-state index is 0.434. The number of unbranched alkanes of at least 4 members (excludes halogenated alkanes) is 3. The molecule has 14 heavy (non-hydrogen) atoms. The maximum Gasteiger partial charge on any atom is 0.0104 e. The summed E-state index contributed by atoms with van der Waals surface area (Å²) in [4.78, 5) is 3.93. The molecule has 0 amide bonds. The highest BCUT2D eigenvalue weighted by atomic mass is 15.4. The summed E-state index contributed by atoms with van der Waals surface area (Å²) in [6.07, 6.45) is 4.69. The van der Waals surface area contributed by atoms with Crippen LogP contribution in [0.4, 0.5) is 0 Å². The zero-order valence-corrected chi connectivity index (χ0v) is 9.08. The molecule has 0 aliphatic carbocycles. The molecule has 0 saturated carbocycles. The fourth-order valence-corrected chi connectivity index (χ4v) is 1.72. The normalized spacial score (nSPS) is 16.9. The van der Waals surface area contributed by atoms with Crippen molar-refractivity contribution < 1.29 is 0 Å². The summed E-state index contributed by atoms with van der Waals surface area (Å²) in [5.74, 6) is 0.434. The molecule has 4 nitrogen and oxygen atoms in total. The van der Waals surface area contributed by atoms with Crippen molar-refractivity contribution in [1.29, 1.82) is 0 Å². The first-order chi connectivity index (χ1) is 6.75. The van der Waals surface area contributed by atoms with E-state index in [1.54, 1.807) is 0 Å². The van der Waals surface area contributed by atoms with E-state index in [4.69, 9.17) is 5.73 Å². The molecule has 1 saturated heterocycles. The monoisotopic (exact) mass is 197 g/mol. The summed E-state index contributed by atoms with van der Waals surface area (Å²) < 4.78 is 0. The molecule has 0 bridgehead atoms. The maximum atomic E-state index is 9.61. The number of likely N-dealkylation sites (N-methyl/N-ethyl adjacent to an activating group) is 1. The molecule has 2 N–H and O–H groups in total. The molecule has 1 rings (SSSR count). The second kappa shape index (κ2) is 5.86. The van der Waals surface area contributed by atoms with E-state index in [1.165, 1.54) is 12.8 Å². The van der Waals surface area contributed by atoms with Crippen molar-refractivity contribution >= 4 is 5.96 Å². The van der Waals surface area contributed by atoms with Gasteiger partial charge in [-0.3, -0.25) is 0 Å². The van der Waals surface area contributed by atoms with Crippen molar-refractivity contribution in [3.63, 3.8) is 0 Å². The highest BCUT2D eigenvalue weighted by Crippen LogP contribution is 2.08. The van der Waals surface area contributed by atoms with Gasteiger partial charge in [-0.1, -0.05) is 12.8 Å². The van der Waals surface area contributed by atoms with Gasteiger partial charge < -0.3 is 20.9 Å². The molecule has 0 aromatic rings. The summed E-state index contributed by atoms with van der Waals surface area (Å²) >= 11 is 0. The molecular weight excluding hydrogens is 176 g/mol. The summed E-state index contributed by atoms with van der Waals surface area (Å²) in [5.41, 5.74) is 5.41. The summed E-state index contributed by atoms with van der Waals surface area (Å²) in [5, 5.41) is 9.61. The van der Waals surface area contributed by atoms with E-state index < -0.39 is 0 Å². The third-order valence-corrected chi connectivity index (χ3v) is 2.71. The van der Waals surface area contributed by atoms with Gasteiger partial charge in [0.15, 0.2) is 0 Å². The van der Waals surface area contributed by atoms with Crippen molar-refractivity contribution in [3.8, 4) is 0 Å². The predicted octanol–water partition coefficient (Wildman–Crippen LogP) is 0.678. The molecular formula is C10H21N4-. The zero-order valence-electron chi connectivity index (χ0n) is 9.08. The average Bonchev–Trinajstić information content (AvgIpc) is 2.49. The van der Waals surface area contributed by atoms with Gasteiger partial charge in [0, 0.05) is 5.96 Å². The largest absolute Gasteiger partial charge is 0.429 e. The van der Waals surface area contributed by atoms with Gasteiger partial charge in [-0.15, -0.1) is 0 Å². The van der Waals surface area contributed by atoms with Crippen LogP contribution in [0.15, 0.2) is 0 Å². The maximum absolute atomic E-state index is 9.61. The Morgan fingerprint density at radius 2 is 1.93 bits per heavy atom. The molecule has 0 aromatic carbocycles. The minimum Gasteiger partial charge on any atom is -0.429 e. The average molecular weight is 197 g/mol. The predicted molar refractivity (Wildman–Crippen MR) is 60.1 cm³/mol. The lowest BCUT2D eigenvalue weighted by Crippen LogP contribution is -2.30. The lowest BCUT2D eigenvalue weighted by molar-refractivity contribution is 0.440. The number of nitrogens with two attached hydrogens (primary N) is 1. The van der Waals surface area contributed by atoms with Gasteiger partial charge >= 0.3 is 0 Å². The first-order valence-electron chi connectivity index (χ1n) is 5.47. The van der Waals surface area contributed by atoms with Crippen LogP contribution in [0.25, 0.3) is 5.41 Å². The Hall–Kier alpha value is -0.770. The minimum atomic E-state index is 0.434. The number of hydrogen-bond donors (Lipinski definition) is 1. The molecule has 4 heteroatoms. The molecule has 0 spiro atoms. The van der Waals surface area contributed by atoms with Crippen LogP contribution in [0.1, 0.15) is 25.7 Å². The Morgan fingerprint density at radius 3 is 2.50 bits per heavy atom. The fraction of sp³-hybridized carbons (Fsp3) is 0.900. The number of hydrogen-bond acceptors (Lipinski definition) is 1. The number of rotatable bonds is 6. The Labute approximate surface area is 86.6 Å². The van der Waals surface area contributed by atoms with Gasteiger partial charge in [-0.2, -0.15) is 0 Å². The van der Waals surface area contributed by atoms with Gasteiger partial charge in [-0.05, 0) is 46.1 Å². The molecule has 0 radical (unpaired) electrons. The summed E-state index contributed by atoms with van der Waals surface area (Å²) in [6.45, 7) is 3.67. The number of nitrogens with zero attached hydrogens (tertiary/aromatic N) is 3. The van der Waals surface area contributed by atoms with Crippen LogP contribution in [-0.4, -0.2) is 49.0 Å². The molecule has 1 aliphatic rings. The Morgan fingerprint density at radius 1 is 1.21 bits per heavy atom. The Kier molecular flexibility index (Phi) is 4.73. The highest BCUT2D eigenvalue weighted by Gasteiger charge is 2.11. The lowest BCUT2D eigenvalue weighted by atomic mass is 10.2. The van der Waals surface area contributed by atoms with Crippen molar-refractivity contribution in [2.24, 2.45) is 5.73 Å². The second-order valence-corrected chi connectivity index (χ2v) is 3.91. The number of guanidine groups is 1. The lowest BCUT2D eigenvalue weighted by Gasteiger charge is -2.27. The van der Waals surface area contributed by atoms with Crippen molar-refractivity contribution in [2.45, 2.75) is 25.7 Å². The third kappa shape index (κ3) is 3.18. The topological polar surface area (TPSA) is 54.8 Å². The van der Waals surface area contributed by atoms with Crippen molar-refractivity contribution in [3.05, 3.63) is 5.41 Å². The summed E-state index contributed by atoms with van der Waals surface area (Å²) in [7, 11) is 1.92. The first kappa shape index (κ1) is 11.3. The third-order valence-electron chi connectivity index (χ3n) is 2.71. The molecule has 1 fully saturated rings. The van der Waals surface area contributed by atoms with Crippen molar-refractivity contribution in [2.75, 3.05) is 33.2 Å². The molecule has 0 unspecified atom stereocenters. The van der Waals surface area contributed by atoms with Crippen LogP contribution >= 0.6 is 0 Å². The van der Waals surface area contributed by atoms with Crippen LogP contribution < -0.4 is 5.73 Å². The van der Waals surface area contributed by atoms with Crippen LogP contribution in [0.2, 0.25) is 0 Å². The van der Waals surface area contributed by atoms with E-state index >= 15 is 0 Å². The van der Waals surface area contributed by atoms with Gasteiger partial charge in [0.2, 0.25) is 0 Å². The van der Waals surface area contributed by atoms with Gasteiger partial charge in [0.25, 0.3) is 0 Å². The van der Waals surface area contributed by atoms with E-state index in [9.17, 15) is 5.41 Å². The van der Waals surface area contributed by atoms with Crippen LogP contribution in [0.3, 0.4) is 0 Å². The first-order valence-corrected chi connectivity index (χ1v) is 5.47. The SMILES string of the molecule is CN1CCN(CCCCCCN)C1=[N-]. The highest BCUT2D eigenvalue weighted by molar-refractivity contribution is 5.84. The van der Waals surface area contributed by atoms with E-state index in [1.807, 2.05) is 16.8 Å². The second-order valence-electron chi connectivity index (χ2n) is 3.91. The van der Waals surface area contributed by atoms with E-state index in [0.29, 0.717) is 5.96 Å². The van der Waals surface area contributed by atoms with Gasteiger partial charge in [0.1, 0.15) is 0 Å². The van der Waals surface area contributed by atoms with Crippen molar-refractivity contribution in [1.82, 2.24) is 9.80 Å². The molecule has 1 heterocycles. The smallest absolute Gasteiger partial charge is 0.0104 e. The standard InChI is InChI=1S/C10H21N4/c1-13-8-9-14(10(13)12)7-5-3-2-4-6-11/h2-9,11H2,1H3/q-1. The molecule has 0 aromatic heterocycles. The van der Waals surface area contributed by atoms with E-state index in [-0.39, 0.29) is 0 Å². The van der Waals surface area contributed by atoms with Crippen LogP contribution in [-0.2, 0) is 0 Å². The van der Waals surface area contributed by atoms with E-state index in [0.717, 1.165) is 39.0 Å². The fourth-order valence-electron chi connectivity index (χ4n) is 1.72. The molecule has 0 atom stereocenters. The van der Waals surface area contributed by atoms with Crippen LogP contribution in [0.5, 0.6) is 0 Å².